The lowest BCUT2D eigenvalue weighted by Gasteiger charge is -2.29. The summed E-state index contributed by atoms with van der Waals surface area (Å²) in [4.78, 5) is 44.2. The first-order valence-corrected chi connectivity index (χ1v) is 11.1. The lowest BCUT2D eigenvalue weighted by molar-refractivity contribution is -0.112. The lowest BCUT2D eigenvalue weighted by Crippen LogP contribution is -2.39. The molecule has 1 aliphatic rings. The molecule has 1 aliphatic heterocycles. The second kappa shape index (κ2) is 8.42. The average molecular weight is 444 g/mol. The van der Waals surface area contributed by atoms with Gasteiger partial charge in [-0.1, -0.05) is 56.4 Å². The Hall–Kier alpha value is -2.74. The Labute approximate surface area is 186 Å². The number of carbonyl (C=O) groups is 3. The summed E-state index contributed by atoms with van der Waals surface area (Å²) in [5, 5.41) is 2.97. The molecule has 0 fully saturated rings. The molecular weight excluding hydrogens is 414 g/mol. The van der Waals surface area contributed by atoms with Crippen molar-refractivity contribution in [3.05, 3.63) is 46.0 Å². The molecule has 166 valence electrons. The van der Waals surface area contributed by atoms with Gasteiger partial charge in [-0.3, -0.25) is 14.9 Å². The number of amides is 2. The first-order valence-electron chi connectivity index (χ1n) is 10.3. The quantitative estimate of drug-likeness (QED) is 0.555. The maximum atomic E-state index is 12.5. The van der Waals surface area contributed by atoms with Gasteiger partial charge in [-0.05, 0) is 31.7 Å². The Morgan fingerprint density at radius 3 is 2.29 bits per heavy atom. The van der Waals surface area contributed by atoms with E-state index in [4.69, 9.17) is 4.74 Å². The fourth-order valence-corrected chi connectivity index (χ4v) is 4.16. The minimum absolute atomic E-state index is 0.0308. The first-order chi connectivity index (χ1) is 14.3. The zero-order chi connectivity index (χ0) is 23.0. The molecule has 1 N–H and O–H groups in total. The minimum Gasteiger partial charge on any atom is -0.444 e. The molecule has 0 saturated carbocycles. The van der Waals surface area contributed by atoms with Gasteiger partial charge in [0.15, 0.2) is 5.13 Å². The van der Waals surface area contributed by atoms with E-state index >= 15 is 0 Å². The number of ether oxygens (including phenoxy) is 1. The number of fused-ring (bicyclic) bond motifs is 1. The summed E-state index contributed by atoms with van der Waals surface area (Å²) >= 11 is 1.28. The third kappa shape index (κ3) is 5.70. The van der Waals surface area contributed by atoms with Crippen LogP contribution in [0.15, 0.2) is 24.3 Å². The number of carbonyl (C=O) groups excluding carboxylic acids is 3. The van der Waals surface area contributed by atoms with E-state index in [1.54, 1.807) is 17.0 Å². The Bertz CT molecular complexity index is 997. The zero-order valence-electron chi connectivity index (χ0n) is 18.9. The van der Waals surface area contributed by atoms with Crippen LogP contribution in [0.2, 0.25) is 0 Å². The van der Waals surface area contributed by atoms with E-state index in [1.807, 2.05) is 32.9 Å². The minimum atomic E-state index is -0.724. The van der Waals surface area contributed by atoms with Gasteiger partial charge < -0.3 is 9.64 Å². The SMILES string of the molecule is CC(C)(C)OC(=O)N1CCc2nc(NC(=O)C(=O)c3ccc(C(C)(C)C)cc3)sc2C1. The highest BCUT2D eigenvalue weighted by Crippen LogP contribution is 2.29. The van der Waals surface area contributed by atoms with Crippen molar-refractivity contribution < 1.29 is 19.1 Å². The summed E-state index contributed by atoms with van der Waals surface area (Å²) < 4.78 is 5.43. The van der Waals surface area contributed by atoms with Gasteiger partial charge in [0.1, 0.15) is 5.60 Å². The molecule has 0 atom stereocenters. The van der Waals surface area contributed by atoms with Gasteiger partial charge in [0.05, 0.1) is 12.2 Å². The fraction of sp³-hybridized carbons (Fsp3) is 0.478. The first kappa shape index (κ1) is 22.9. The van der Waals surface area contributed by atoms with Gasteiger partial charge in [-0.2, -0.15) is 0 Å². The number of rotatable bonds is 3. The number of ketones is 1. The summed E-state index contributed by atoms with van der Waals surface area (Å²) in [6, 6.07) is 7.09. The predicted molar refractivity (Wildman–Crippen MR) is 121 cm³/mol. The summed E-state index contributed by atoms with van der Waals surface area (Å²) in [6.07, 6.45) is 0.203. The maximum absolute atomic E-state index is 12.5. The molecule has 8 heteroatoms. The van der Waals surface area contributed by atoms with Crippen LogP contribution in [0.1, 0.15) is 68.0 Å². The number of aromatic nitrogens is 1. The van der Waals surface area contributed by atoms with E-state index in [9.17, 15) is 14.4 Å². The van der Waals surface area contributed by atoms with Crippen LogP contribution in [0, 0.1) is 0 Å². The van der Waals surface area contributed by atoms with Crippen LogP contribution in [0.25, 0.3) is 0 Å². The Morgan fingerprint density at radius 2 is 1.71 bits per heavy atom. The normalized spacial score (nSPS) is 14.1. The Balaban J connectivity index is 1.65. The number of hydrogen-bond acceptors (Lipinski definition) is 6. The van der Waals surface area contributed by atoms with Gasteiger partial charge in [0, 0.05) is 23.4 Å². The second-order valence-electron chi connectivity index (χ2n) is 9.65. The molecule has 1 aromatic heterocycles. The molecule has 2 heterocycles. The summed E-state index contributed by atoms with van der Waals surface area (Å²) in [5.41, 5.74) is 1.67. The van der Waals surface area contributed by atoms with Crippen LogP contribution in [-0.4, -0.2) is 39.8 Å². The molecule has 0 aliphatic carbocycles. The number of anilines is 1. The molecule has 0 radical (unpaired) electrons. The van der Waals surface area contributed by atoms with E-state index < -0.39 is 17.3 Å². The molecule has 3 rings (SSSR count). The number of nitrogens with one attached hydrogen (secondary N) is 1. The summed E-state index contributed by atoms with van der Waals surface area (Å²) in [6.45, 7) is 12.6. The second-order valence-corrected chi connectivity index (χ2v) is 10.7. The van der Waals surface area contributed by atoms with Crippen molar-refractivity contribution in [2.75, 3.05) is 11.9 Å². The van der Waals surface area contributed by atoms with E-state index in [0.29, 0.717) is 30.2 Å². The number of hydrogen-bond donors (Lipinski definition) is 1. The largest absolute Gasteiger partial charge is 0.444 e. The highest BCUT2D eigenvalue weighted by Gasteiger charge is 2.28. The number of nitrogens with zero attached hydrogens (tertiary/aromatic N) is 2. The number of Topliss-reactive ketones (excluding diaryl/α,β-unsaturated/α-hetero) is 1. The average Bonchev–Trinajstić information content (AvgIpc) is 3.06. The molecule has 0 unspecified atom stereocenters. The van der Waals surface area contributed by atoms with Gasteiger partial charge in [-0.25, -0.2) is 9.78 Å². The van der Waals surface area contributed by atoms with Crippen molar-refractivity contribution in [3.63, 3.8) is 0 Å². The van der Waals surface area contributed by atoms with Gasteiger partial charge in [-0.15, -0.1) is 0 Å². The van der Waals surface area contributed by atoms with Crippen LogP contribution in [0.3, 0.4) is 0 Å². The third-order valence-electron chi connectivity index (χ3n) is 4.82. The number of benzene rings is 1. The Morgan fingerprint density at radius 1 is 1.06 bits per heavy atom. The van der Waals surface area contributed by atoms with Crippen LogP contribution < -0.4 is 5.32 Å². The lowest BCUT2D eigenvalue weighted by atomic mass is 9.86. The van der Waals surface area contributed by atoms with Crippen LogP contribution in [0.4, 0.5) is 9.93 Å². The van der Waals surface area contributed by atoms with E-state index in [1.165, 1.54) is 11.3 Å². The topological polar surface area (TPSA) is 88.6 Å². The van der Waals surface area contributed by atoms with Crippen LogP contribution in [0.5, 0.6) is 0 Å². The van der Waals surface area contributed by atoms with Crippen molar-refractivity contribution in [1.29, 1.82) is 0 Å². The molecule has 7 nitrogen and oxygen atoms in total. The predicted octanol–water partition coefficient (Wildman–Crippen LogP) is 4.56. The van der Waals surface area contributed by atoms with Crippen molar-refractivity contribution in [2.45, 2.75) is 65.5 Å². The van der Waals surface area contributed by atoms with Gasteiger partial charge in [0.25, 0.3) is 11.7 Å². The van der Waals surface area contributed by atoms with Gasteiger partial charge in [0.2, 0.25) is 0 Å². The van der Waals surface area contributed by atoms with Crippen molar-refractivity contribution >= 4 is 34.3 Å². The standard InChI is InChI=1S/C23H29N3O4S/c1-22(2,3)15-9-7-14(8-10-15)18(27)19(28)25-20-24-16-11-12-26(13-17(16)31-20)21(29)30-23(4,5)6/h7-10H,11-13H2,1-6H3,(H,24,25,28). The summed E-state index contributed by atoms with van der Waals surface area (Å²) in [7, 11) is 0. The molecule has 31 heavy (non-hydrogen) atoms. The van der Waals surface area contributed by atoms with Crippen molar-refractivity contribution in [2.24, 2.45) is 0 Å². The monoisotopic (exact) mass is 443 g/mol. The zero-order valence-corrected chi connectivity index (χ0v) is 19.7. The molecule has 0 spiro atoms. The number of thiazole rings is 1. The van der Waals surface area contributed by atoms with Crippen molar-refractivity contribution in [3.8, 4) is 0 Å². The summed E-state index contributed by atoms with van der Waals surface area (Å²) in [5.74, 6) is -1.33. The van der Waals surface area contributed by atoms with E-state index in [0.717, 1.165) is 16.1 Å². The highest BCUT2D eigenvalue weighted by atomic mass is 32.1. The maximum Gasteiger partial charge on any atom is 0.410 e. The van der Waals surface area contributed by atoms with Crippen LogP contribution >= 0.6 is 11.3 Å². The smallest absolute Gasteiger partial charge is 0.410 e. The van der Waals surface area contributed by atoms with E-state index in [-0.39, 0.29) is 11.5 Å². The molecular formula is C23H29N3O4S. The van der Waals surface area contributed by atoms with Gasteiger partial charge >= 0.3 is 6.09 Å². The Kier molecular flexibility index (Phi) is 6.23. The molecule has 1 aromatic carbocycles. The fourth-order valence-electron chi connectivity index (χ4n) is 3.14. The van der Waals surface area contributed by atoms with E-state index in [2.05, 4.69) is 31.1 Å². The van der Waals surface area contributed by atoms with Crippen molar-refractivity contribution in [1.82, 2.24) is 9.88 Å². The molecule has 0 bridgehead atoms. The third-order valence-corrected chi connectivity index (χ3v) is 5.82. The molecule has 2 amide bonds. The molecule has 0 saturated heterocycles. The highest BCUT2D eigenvalue weighted by molar-refractivity contribution is 7.16. The molecule has 2 aromatic rings. The van der Waals surface area contributed by atoms with Crippen LogP contribution in [-0.2, 0) is 27.9 Å².